The molecule has 4 heteroatoms. The van der Waals surface area contributed by atoms with Gasteiger partial charge in [0.1, 0.15) is 11.9 Å². The lowest BCUT2D eigenvalue weighted by Crippen LogP contribution is -2.15. The van der Waals surface area contributed by atoms with Gasteiger partial charge < -0.3 is 10.5 Å². The number of benzene rings is 2. The zero-order chi connectivity index (χ0) is 14.1. The van der Waals surface area contributed by atoms with Crippen LogP contribution in [-0.4, -0.2) is 6.09 Å². The van der Waals surface area contributed by atoms with Crippen LogP contribution < -0.4 is 5.73 Å². The minimum absolute atomic E-state index is 0.270. The standard InChI is InChI=1S/C16H14FNO2/c17-13-3-1-2-11(8-13)12-5-4-10-6-7-15(14(10)9-12)20-16(18)19/h1-5,8-9,15H,6-7H2,(H2,18,19). The van der Waals surface area contributed by atoms with E-state index < -0.39 is 6.09 Å². The second-order valence-electron chi connectivity index (χ2n) is 4.89. The van der Waals surface area contributed by atoms with Gasteiger partial charge in [-0.05, 0) is 53.3 Å². The zero-order valence-electron chi connectivity index (χ0n) is 10.8. The highest BCUT2D eigenvalue weighted by Gasteiger charge is 2.25. The molecule has 2 aromatic carbocycles. The summed E-state index contributed by atoms with van der Waals surface area (Å²) in [5.74, 6) is -0.270. The zero-order valence-corrected chi connectivity index (χ0v) is 10.8. The molecule has 0 bridgehead atoms. The molecular weight excluding hydrogens is 257 g/mol. The third-order valence-corrected chi connectivity index (χ3v) is 3.58. The Balaban J connectivity index is 1.98. The molecule has 0 saturated heterocycles. The first-order valence-corrected chi connectivity index (χ1v) is 6.48. The third kappa shape index (κ3) is 2.37. The Kier molecular flexibility index (Phi) is 3.14. The van der Waals surface area contributed by atoms with E-state index in [0.717, 1.165) is 35.1 Å². The molecule has 2 aromatic rings. The summed E-state index contributed by atoms with van der Waals surface area (Å²) in [6, 6.07) is 12.3. The third-order valence-electron chi connectivity index (χ3n) is 3.58. The van der Waals surface area contributed by atoms with Crippen molar-refractivity contribution in [2.75, 3.05) is 0 Å². The number of hydrogen-bond donors (Lipinski definition) is 1. The van der Waals surface area contributed by atoms with Gasteiger partial charge in [0, 0.05) is 0 Å². The molecule has 1 aliphatic carbocycles. The Hall–Kier alpha value is -2.36. The number of ether oxygens (including phenoxy) is 1. The van der Waals surface area contributed by atoms with Crippen LogP contribution in [0.5, 0.6) is 0 Å². The van der Waals surface area contributed by atoms with Gasteiger partial charge in [0.2, 0.25) is 0 Å². The average Bonchev–Trinajstić information content (AvgIpc) is 2.80. The number of aryl methyl sites for hydroxylation is 1. The van der Waals surface area contributed by atoms with Crippen molar-refractivity contribution in [3.63, 3.8) is 0 Å². The number of primary amides is 1. The van der Waals surface area contributed by atoms with E-state index >= 15 is 0 Å². The van der Waals surface area contributed by atoms with Crippen LogP contribution in [0.4, 0.5) is 9.18 Å². The Morgan fingerprint density at radius 1 is 1.20 bits per heavy atom. The second kappa shape index (κ2) is 4.96. The lowest BCUT2D eigenvalue weighted by atomic mass is 10.00. The second-order valence-corrected chi connectivity index (χ2v) is 4.89. The fourth-order valence-corrected chi connectivity index (χ4v) is 2.67. The van der Waals surface area contributed by atoms with Crippen LogP contribution in [0.15, 0.2) is 42.5 Å². The van der Waals surface area contributed by atoms with Crippen molar-refractivity contribution in [1.82, 2.24) is 0 Å². The fraction of sp³-hybridized carbons (Fsp3) is 0.188. The molecule has 1 unspecified atom stereocenters. The molecule has 0 spiro atoms. The predicted molar refractivity (Wildman–Crippen MR) is 73.6 cm³/mol. The molecule has 0 fully saturated rings. The first kappa shape index (κ1) is 12.7. The van der Waals surface area contributed by atoms with Crippen LogP contribution >= 0.6 is 0 Å². The SMILES string of the molecule is NC(=O)OC1CCc2ccc(-c3cccc(F)c3)cc21. The van der Waals surface area contributed by atoms with Gasteiger partial charge in [0.15, 0.2) is 0 Å². The lowest BCUT2D eigenvalue weighted by molar-refractivity contribution is 0.107. The van der Waals surface area contributed by atoms with Crippen LogP contribution in [0.25, 0.3) is 11.1 Å². The molecule has 102 valence electrons. The van der Waals surface area contributed by atoms with Gasteiger partial charge in [-0.15, -0.1) is 0 Å². The molecule has 1 aliphatic rings. The molecule has 1 amide bonds. The summed E-state index contributed by atoms with van der Waals surface area (Å²) >= 11 is 0. The summed E-state index contributed by atoms with van der Waals surface area (Å²) in [6.07, 6.45) is 0.539. The molecule has 0 radical (unpaired) electrons. The summed E-state index contributed by atoms with van der Waals surface area (Å²) in [7, 11) is 0. The fourth-order valence-electron chi connectivity index (χ4n) is 2.67. The van der Waals surface area contributed by atoms with Crippen LogP contribution in [0.2, 0.25) is 0 Å². The number of halogens is 1. The average molecular weight is 271 g/mol. The van der Waals surface area contributed by atoms with Crippen molar-refractivity contribution in [1.29, 1.82) is 0 Å². The highest BCUT2D eigenvalue weighted by atomic mass is 19.1. The van der Waals surface area contributed by atoms with E-state index in [1.165, 1.54) is 12.1 Å². The lowest BCUT2D eigenvalue weighted by Gasteiger charge is -2.12. The number of rotatable bonds is 2. The van der Waals surface area contributed by atoms with Crippen molar-refractivity contribution < 1.29 is 13.9 Å². The van der Waals surface area contributed by atoms with Crippen molar-refractivity contribution in [2.45, 2.75) is 18.9 Å². The monoisotopic (exact) mass is 271 g/mol. The molecule has 0 saturated carbocycles. The molecule has 0 aliphatic heterocycles. The maximum absolute atomic E-state index is 13.3. The van der Waals surface area contributed by atoms with Crippen LogP contribution in [0.3, 0.4) is 0 Å². The van der Waals surface area contributed by atoms with E-state index in [2.05, 4.69) is 0 Å². The summed E-state index contributed by atoms with van der Waals surface area (Å²) in [4.78, 5) is 10.9. The van der Waals surface area contributed by atoms with Crippen LogP contribution in [-0.2, 0) is 11.2 Å². The van der Waals surface area contributed by atoms with Crippen LogP contribution in [0, 0.1) is 5.82 Å². The van der Waals surface area contributed by atoms with E-state index in [1.54, 1.807) is 6.07 Å². The van der Waals surface area contributed by atoms with Gasteiger partial charge in [0.25, 0.3) is 0 Å². The number of nitrogens with two attached hydrogens (primary N) is 1. The topological polar surface area (TPSA) is 52.3 Å². The molecule has 1 atom stereocenters. The summed E-state index contributed by atoms with van der Waals surface area (Å²) in [5.41, 5.74) is 8.91. The summed E-state index contributed by atoms with van der Waals surface area (Å²) in [5, 5.41) is 0. The Bertz CT molecular complexity index is 669. The molecule has 2 N–H and O–H groups in total. The van der Waals surface area contributed by atoms with Gasteiger partial charge in [-0.25, -0.2) is 9.18 Å². The van der Waals surface area contributed by atoms with Gasteiger partial charge >= 0.3 is 6.09 Å². The molecule has 0 heterocycles. The van der Waals surface area contributed by atoms with Crippen molar-refractivity contribution in [2.24, 2.45) is 5.73 Å². The smallest absolute Gasteiger partial charge is 0.405 e. The van der Waals surface area contributed by atoms with Crippen molar-refractivity contribution in [3.05, 3.63) is 59.4 Å². The Morgan fingerprint density at radius 3 is 2.75 bits per heavy atom. The highest BCUT2D eigenvalue weighted by molar-refractivity contribution is 5.67. The van der Waals surface area contributed by atoms with Crippen LogP contribution in [0.1, 0.15) is 23.7 Å². The minimum Gasteiger partial charge on any atom is -0.441 e. The normalized spacial score (nSPS) is 16.8. The maximum atomic E-state index is 13.3. The highest BCUT2D eigenvalue weighted by Crippen LogP contribution is 2.36. The van der Waals surface area contributed by atoms with E-state index in [-0.39, 0.29) is 11.9 Å². The van der Waals surface area contributed by atoms with Gasteiger partial charge in [-0.1, -0.05) is 24.3 Å². The van der Waals surface area contributed by atoms with Crippen molar-refractivity contribution >= 4 is 6.09 Å². The first-order valence-electron chi connectivity index (χ1n) is 6.48. The summed E-state index contributed by atoms with van der Waals surface area (Å²) in [6.45, 7) is 0. The minimum atomic E-state index is -0.765. The summed E-state index contributed by atoms with van der Waals surface area (Å²) < 4.78 is 18.4. The Labute approximate surface area is 116 Å². The molecule has 0 aromatic heterocycles. The van der Waals surface area contributed by atoms with Crippen molar-refractivity contribution in [3.8, 4) is 11.1 Å². The van der Waals surface area contributed by atoms with Gasteiger partial charge in [0.05, 0.1) is 0 Å². The largest absolute Gasteiger partial charge is 0.441 e. The number of carbonyl (C=O) groups excluding carboxylic acids is 1. The van der Waals surface area contributed by atoms with E-state index in [0.29, 0.717) is 0 Å². The van der Waals surface area contributed by atoms with E-state index in [4.69, 9.17) is 10.5 Å². The molecular formula is C16H14FNO2. The number of amides is 1. The molecule has 20 heavy (non-hydrogen) atoms. The molecule has 3 nitrogen and oxygen atoms in total. The Morgan fingerprint density at radius 2 is 2.00 bits per heavy atom. The number of fused-ring (bicyclic) bond motifs is 1. The number of hydrogen-bond acceptors (Lipinski definition) is 2. The van der Waals surface area contributed by atoms with E-state index in [9.17, 15) is 9.18 Å². The molecule has 3 rings (SSSR count). The quantitative estimate of drug-likeness (QED) is 0.907. The predicted octanol–water partition coefficient (Wildman–Crippen LogP) is 3.58. The van der Waals surface area contributed by atoms with E-state index in [1.807, 2.05) is 24.3 Å². The maximum Gasteiger partial charge on any atom is 0.405 e. The number of carbonyl (C=O) groups is 1. The van der Waals surface area contributed by atoms with Gasteiger partial charge in [-0.3, -0.25) is 0 Å². The first-order chi connectivity index (χ1) is 9.63. The van der Waals surface area contributed by atoms with Gasteiger partial charge in [-0.2, -0.15) is 0 Å².